The molecule has 1 N–H and O–H groups in total. The summed E-state index contributed by atoms with van der Waals surface area (Å²) in [5.41, 5.74) is 0.896. The number of benzene rings is 1. The summed E-state index contributed by atoms with van der Waals surface area (Å²) >= 11 is 0.993. The predicted octanol–water partition coefficient (Wildman–Crippen LogP) is 1.49. The monoisotopic (exact) mass is 382 g/mol. The van der Waals surface area contributed by atoms with Gasteiger partial charge in [-0.05, 0) is 30.7 Å². The van der Waals surface area contributed by atoms with Gasteiger partial charge in [-0.3, -0.25) is 19.7 Å². The summed E-state index contributed by atoms with van der Waals surface area (Å²) in [6.07, 6.45) is 0.459. The molecule has 8 heteroatoms. The molecule has 2 amide bonds. The second-order valence-electron chi connectivity index (χ2n) is 4.18. The molecule has 109 valence electrons. The Morgan fingerprint density at radius 2 is 2.00 bits per heavy atom. The van der Waals surface area contributed by atoms with Crippen LogP contribution in [-0.2, 0) is 48.7 Å². The molecule has 2 rings (SSSR count). The number of rotatable bonds is 5. The van der Waals surface area contributed by atoms with E-state index in [0.29, 0.717) is 12.2 Å². The molecule has 0 saturated carbocycles. The van der Waals surface area contributed by atoms with Crippen LogP contribution in [0.2, 0.25) is 0 Å². The molecule has 1 atom stereocenters. The molecule has 1 aliphatic heterocycles. The molecule has 1 unspecified atom stereocenters. The Morgan fingerprint density at radius 3 is 2.52 bits per heavy atom. The molecule has 1 heterocycles. The molecule has 1 aliphatic rings. The van der Waals surface area contributed by atoms with Crippen LogP contribution in [-0.4, -0.2) is 36.0 Å². The summed E-state index contributed by atoms with van der Waals surface area (Å²) in [6.45, 7) is 0.0166. The topological polar surface area (TPSA) is 86.6 Å². The average Bonchev–Trinajstić information content (AvgIpc) is 2.70. The normalized spacial score (nSPS) is 17.1. The first-order valence-corrected chi connectivity index (χ1v) is 6.83. The molecule has 0 aliphatic carbocycles. The molecule has 1 fully saturated rings. The standard InChI is InChI=1S/C13H13N2O4S.Y/c1-14-7-11(16)19-9-4-2-8(3-5-9)6-10-12(17)15-13(18)20-10;/h2-5,10H,6-7H2,1H3,(H,15,17,18);/q-1;. The van der Waals surface area contributed by atoms with E-state index in [1.54, 1.807) is 24.3 Å². The molecular formula is C13H13N2O4SY-. The van der Waals surface area contributed by atoms with E-state index < -0.39 is 11.2 Å². The van der Waals surface area contributed by atoms with Crippen molar-refractivity contribution in [3.63, 3.8) is 0 Å². The summed E-state index contributed by atoms with van der Waals surface area (Å²) in [5.74, 6) is -0.251. The van der Waals surface area contributed by atoms with E-state index in [0.717, 1.165) is 17.3 Å². The van der Waals surface area contributed by atoms with Crippen LogP contribution in [0.3, 0.4) is 0 Å². The summed E-state index contributed by atoms with van der Waals surface area (Å²) in [6, 6.07) is 6.84. The van der Waals surface area contributed by atoms with E-state index in [9.17, 15) is 14.4 Å². The van der Waals surface area contributed by atoms with Crippen LogP contribution in [0.15, 0.2) is 24.3 Å². The number of thioether (sulfide) groups is 1. The van der Waals surface area contributed by atoms with Crippen molar-refractivity contribution in [2.45, 2.75) is 11.7 Å². The van der Waals surface area contributed by atoms with Crippen molar-refractivity contribution in [1.29, 1.82) is 0 Å². The largest absolute Gasteiger partial charge is 0.656 e. The van der Waals surface area contributed by atoms with E-state index in [4.69, 9.17) is 4.74 Å². The molecule has 0 spiro atoms. The van der Waals surface area contributed by atoms with Crippen molar-refractivity contribution >= 4 is 28.9 Å². The van der Waals surface area contributed by atoms with E-state index in [-0.39, 0.29) is 50.4 Å². The van der Waals surface area contributed by atoms with Gasteiger partial charge in [0.15, 0.2) is 0 Å². The van der Waals surface area contributed by atoms with Crippen molar-refractivity contribution < 1.29 is 51.8 Å². The minimum absolute atomic E-state index is 0. The molecule has 21 heavy (non-hydrogen) atoms. The Kier molecular flexibility index (Phi) is 7.52. The van der Waals surface area contributed by atoms with Crippen molar-refractivity contribution in [2.75, 3.05) is 13.6 Å². The Hall–Kier alpha value is -0.756. The van der Waals surface area contributed by atoms with E-state index in [2.05, 4.69) is 10.6 Å². The van der Waals surface area contributed by atoms with Crippen LogP contribution >= 0.6 is 11.8 Å². The van der Waals surface area contributed by atoms with Crippen molar-refractivity contribution in [1.82, 2.24) is 5.32 Å². The quantitative estimate of drug-likeness (QED) is 0.616. The average molecular weight is 382 g/mol. The van der Waals surface area contributed by atoms with Crippen molar-refractivity contribution in [3.05, 3.63) is 35.1 Å². The van der Waals surface area contributed by atoms with Gasteiger partial charge in [-0.2, -0.15) is 7.05 Å². The predicted molar refractivity (Wildman–Crippen MR) is 74.8 cm³/mol. The number of carbonyl (C=O) groups is 3. The zero-order valence-corrected chi connectivity index (χ0v) is 15.0. The summed E-state index contributed by atoms with van der Waals surface area (Å²) < 4.78 is 5.05. The zero-order chi connectivity index (χ0) is 14.5. The molecular weight excluding hydrogens is 369 g/mol. The Labute approximate surface area is 151 Å². The summed E-state index contributed by atoms with van der Waals surface area (Å²) in [5, 5.41) is 5.22. The number of ether oxygens (including phenoxy) is 1. The second kappa shape index (κ2) is 8.63. The number of carbonyl (C=O) groups excluding carboxylic acids is 3. The van der Waals surface area contributed by atoms with Crippen LogP contribution in [0.5, 0.6) is 5.75 Å². The third-order valence-corrected chi connectivity index (χ3v) is 3.61. The number of nitrogens with zero attached hydrogens (tertiary/aromatic N) is 1. The minimum atomic E-state index is -0.420. The van der Waals surface area contributed by atoms with Gasteiger partial charge in [0.25, 0.3) is 11.2 Å². The summed E-state index contributed by atoms with van der Waals surface area (Å²) in [7, 11) is 1.54. The second-order valence-corrected chi connectivity index (χ2v) is 5.36. The van der Waals surface area contributed by atoms with Gasteiger partial charge < -0.3 is 10.1 Å². The number of hydrogen-bond donors (Lipinski definition) is 1. The Morgan fingerprint density at radius 1 is 1.33 bits per heavy atom. The van der Waals surface area contributed by atoms with Gasteiger partial charge in [-0.1, -0.05) is 23.9 Å². The fourth-order valence-electron chi connectivity index (χ4n) is 1.73. The van der Waals surface area contributed by atoms with Crippen LogP contribution < -0.4 is 10.1 Å². The van der Waals surface area contributed by atoms with Gasteiger partial charge in [0.1, 0.15) is 5.75 Å². The van der Waals surface area contributed by atoms with Gasteiger partial charge in [0.2, 0.25) is 5.91 Å². The maximum Gasteiger partial charge on any atom is 0.290 e. The third kappa shape index (κ3) is 5.50. The van der Waals surface area contributed by atoms with E-state index in [1.165, 1.54) is 7.05 Å². The van der Waals surface area contributed by atoms with Gasteiger partial charge in [0.05, 0.1) is 5.25 Å². The number of amides is 2. The number of hydrogen-bond acceptors (Lipinski definition) is 5. The molecule has 6 nitrogen and oxygen atoms in total. The maximum atomic E-state index is 11.4. The first-order valence-electron chi connectivity index (χ1n) is 5.95. The minimum Gasteiger partial charge on any atom is -0.656 e. The molecule has 0 aromatic heterocycles. The number of esters is 1. The molecule has 1 radical (unpaired) electrons. The van der Waals surface area contributed by atoms with E-state index >= 15 is 0 Å². The smallest absolute Gasteiger partial charge is 0.290 e. The zero-order valence-electron chi connectivity index (χ0n) is 11.4. The third-order valence-electron chi connectivity index (χ3n) is 2.63. The SMILES string of the molecule is C[N-]CC(=O)Oc1ccc(CC2SC(=O)NC2=O)cc1.[Y]. The molecule has 1 aromatic carbocycles. The molecule has 1 aromatic rings. The van der Waals surface area contributed by atoms with Crippen LogP contribution in [0.25, 0.3) is 5.32 Å². The van der Waals surface area contributed by atoms with Crippen molar-refractivity contribution in [3.8, 4) is 5.75 Å². The fraction of sp³-hybridized carbons (Fsp3) is 0.308. The van der Waals surface area contributed by atoms with Crippen LogP contribution in [0.4, 0.5) is 4.79 Å². The first-order chi connectivity index (χ1) is 9.58. The number of likely N-dealkylation sites (N-methyl/N-ethyl adjacent to an activating group) is 1. The van der Waals surface area contributed by atoms with Gasteiger partial charge >= 0.3 is 0 Å². The number of nitrogens with one attached hydrogen (secondary N) is 1. The first kappa shape index (κ1) is 18.3. The van der Waals surface area contributed by atoms with Gasteiger partial charge in [-0.25, -0.2) is 0 Å². The Bertz CT molecular complexity index is 535. The Balaban J connectivity index is 0.00000220. The maximum absolute atomic E-state index is 11.4. The summed E-state index contributed by atoms with van der Waals surface area (Å²) in [4.78, 5) is 33.7. The number of imide groups is 1. The van der Waals surface area contributed by atoms with Crippen LogP contribution in [0, 0.1) is 0 Å². The van der Waals surface area contributed by atoms with Gasteiger partial charge in [-0.15, -0.1) is 0 Å². The van der Waals surface area contributed by atoms with Gasteiger partial charge in [0, 0.05) is 32.7 Å². The fourth-order valence-corrected chi connectivity index (χ4v) is 2.59. The molecule has 0 bridgehead atoms. The van der Waals surface area contributed by atoms with Crippen LogP contribution in [0.1, 0.15) is 5.56 Å². The molecule has 1 saturated heterocycles. The van der Waals surface area contributed by atoms with E-state index in [1.807, 2.05) is 0 Å². The van der Waals surface area contributed by atoms with Crippen molar-refractivity contribution in [2.24, 2.45) is 0 Å².